The van der Waals surface area contributed by atoms with Crippen LogP contribution in [-0.4, -0.2) is 73.0 Å². The number of hydrogen-bond donors (Lipinski definition) is 2. The number of thiophene rings is 1. The van der Waals surface area contributed by atoms with E-state index in [1.165, 1.54) is 41.9 Å². The first-order valence-electron chi connectivity index (χ1n) is 18.1. The Morgan fingerprint density at radius 3 is 2.13 bits per heavy atom. The average molecular weight is 760 g/mol. The lowest BCUT2D eigenvalue weighted by molar-refractivity contribution is -0.143. The van der Waals surface area contributed by atoms with Gasteiger partial charge >= 0.3 is 0 Å². The Morgan fingerprint density at radius 2 is 1.53 bits per heavy atom. The van der Waals surface area contributed by atoms with Crippen molar-refractivity contribution in [3.05, 3.63) is 88.4 Å². The van der Waals surface area contributed by atoms with E-state index in [9.17, 15) is 22.8 Å². The Labute approximate surface area is 316 Å². The number of ether oxygens (including phenoxy) is 1. The number of aromatic nitrogens is 2. The number of sulfonamides is 1. The van der Waals surface area contributed by atoms with Crippen LogP contribution in [0.3, 0.4) is 0 Å². The van der Waals surface area contributed by atoms with Crippen molar-refractivity contribution in [1.29, 1.82) is 0 Å². The van der Waals surface area contributed by atoms with Crippen LogP contribution in [0.15, 0.2) is 73.1 Å². The second-order valence-electron chi connectivity index (χ2n) is 14.6. The van der Waals surface area contributed by atoms with Crippen molar-refractivity contribution < 1.29 is 27.5 Å². The highest BCUT2D eigenvalue weighted by molar-refractivity contribution is 7.89. The molecule has 1 aliphatic rings. The van der Waals surface area contributed by atoms with Gasteiger partial charge in [-0.3, -0.25) is 19.1 Å². The molecule has 0 saturated carbocycles. The molecule has 0 spiro atoms. The van der Waals surface area contributed by atoms with Gasteiger partial charge < -0.3 is 15.0 Å². The van der Waals surface area contributed by atoms with Crippen LogP contribution in [0.5, 0.6) is 5.75 Å². The first kappa shape index (κ1) is 39.6. The van der Waals surface area contributed by atoms with E-state index in [2.05, 4.69) is 43.0 Å². The van der Waals surface area contributed by atoms with Crippen LogP contribution in [0.4, 0.5) is 0 Å². The summed E-state index contributed by atoms with van der Waals surface area (Å²) in [5, 5.41) is 2.92. The van der Waals surface area contributed by atoms with Crippen molar-refractivity contribution in [1.82, 2.24) is 24.9 Å². The van der Waals surface area contributed by atoms with Crippen LogP contribution in [0, 0.1) is 5.92 Å². The number of unbranched alkanes of at least 4 members (excludes halogenated alkanes) is 4. The summed E-state index contributed by atoms with van der Waals surface area (Å²) in [5.41, 5.74) is 3.35. The molecule has 0 aliphatic carbocycles. The van der Waals surface area contributed by atoms with Gasteiger partial charge in [-0.25, -0.2) is 18.4 Å². The second kappa shape index (κ2) is 17.5. The van der Waals surface area contributed by atoms with E-state index in [1.807, 2.05) is 59.3 Å². The summed E-state index contributed by atoms with van der Waals surface area (Å²) < 4.78 is 30.9. The van der Waals surface area contributed by atoms with Crippen LogP contribution in [-0.2, 0) is 31.4 Å². The summed E-state index contributed by atoms with van der Waals surface area (Å²) in [6.07, 6.45) is 10.7. The lowest BCUT2D eigenvalue weighted by atomic mass is 9.95. The van der Waals surface area contributed by atoms with Crippen LogP contribution in [0.2, 0.25) is 0 Å². The molecule has 3 amide bonds. The fourth-order valence-corrected chi connectivity index (χ4v) is 7.39. The van der Waals surface area contributed by atoms with Gasteiger partial charge in [0.1, 0.15) is 11.8 Å². The van der Waals surface area contributed by atoms with Crippen LogP contribution >= 0.6 is 11.3 Å². The summed E-state index contributed by atoms with van der Waals surface area (Å²) in [6, 6.07) is 18.2. The molecular weight excluding hydrogens is 711 g/mol. The summed E-state index contributed by atoms with van der Waals surface area (Å²) in [4.78, 5) is 51.6. The van der Waals surface area contributed by atoms with Crippen molar-refractivity contribution in [2.75, 3.05) is 26.0 Å². The number of carbonyl (C=O) groups excluding carboxylic acids is 3. The average Bonchev–Trinajstić information content (AvgIpc) is 3.61. The monoisotopic (exact) mass is 759 g/mol. The van der Waals surface area contributed by atoms with Gasteiger partial charge in [0.2, 0.25) is 21.8 Å². The Balaban J connectivity index is 1.23. The van der Waals surface area contributed by atoms with Gasteiger partial charge in [0.05, 0.1) is 23.7 Å². The van der Waals surface area contributed by atoms with Crippen molar-refractivity contribution in [2.24, 2.45) is 5.92 Å². The topological polar surface area (TPSA) is 148 Å². The number of nitrogens with zero attached hydrogens (tertiary/aromatic N) is 3. The molecule has 11 nitrogen and oxygen atoms in total. The minimum Gasteiger partial charge on any atom is -0.494 e. The second-order valence-corrected chi connectivity index (χ2v) is 17.4. The van der Waals surface area contributed by atoms with Crippen LogP contribution < -0.4 is 14.8 Å². The van der Waals surface area contributed by atoms with Crippen LogP contribution in [0.25, 0.3) is 22.5 Å². The first-order chi connectivity index (χ1) is 25.2. The normalized spacial score (nSPS) is 13.9. The Kier molecular flexibility index (Phi) is 13.0. The lowest BCUT2D eigenvalue weighted by Crippen LogP contribution is -2.60. The SMILES string of the molecule is CCCCCCCOc1ccc(-c2cnc(-c3ccc(C[C@H](NC(=O)c4ccc(C(C)(C)C)s4)C(=O)N4CC(C(=O)NS(C)(=O)=O)C4)cc3)nc2)cc1. The van der Waals surface area contributed by atoms with E-state index in [0.29, 0.717) is 17.3 Å². The summed E-state index contributed by atoms with van der Waals surface area (Å²) in [5.74, 6) is -0.610. The highest BCUT2D eigenvalue weighted by Crippen LogP contribution is 2.30. The molecule has 1 saturated heterocycles. The molecule has 0 radical (unpaired) electrons. The number of likely N-dealkylation sites (tertiary alicyclic amines) is 1. The van der Waals surface area contributed by atoms with E-state index in [4.69, 9.17) is 4.74 Å². The number of hydrogen-bond acceptors (Lipinski definition) is 9. The number of carbonyl (C=O) groups is 3. The van der Waals surface area contributed by atoms with Crippen LogP contribution in [0.1, 0.15) is 79.9 Å². The van der Waals surface area contributed by atoms with Gasteiger partial charge in [-0.2, -0.15) is 0 Å². The summed E-state index contributed by atoms with van der Waals surface area (Å²) in [7, 11) is -3.71. The lowest BCUT2D eigenvalue weighted by Gasteiger charge is -2.40. The zero-order valence-corrected chi connectivity index (χ0v) is 32.7. The van der Waals surface area contributed by atoms with Gasteiger partial charge in [-0.05, 0) is 47.2 Å². The minimum atomic E-state index is -3.71. The first-order valence-corrected chi connectivity index (χ1v) is 20.8. The number of nitrogens with one attached hydrogen (secondary N) is 2. The smallest absolute Gasteiger partial charge is 0.262 e. The molecule has 1 aliphatic heterocycles. The molecule has 5 rings (SSSR count). The molecule has 2 aromatic heterocycles. The molecule has 2 aromatic carbocycles. The van der Waals surface area contributed by atoms with Gasteiger partial charge in [-0.1, -0.05) is 89.8 Å². The van der Waals surface area contributed by atoms with Crippen molar-refractivity contribution in [3.8, 4) is 28.3 Å². The number of rotatable bonds is 16. The molecule has 53 heavy (non-hydrogen) atoms. The molecule has 1 atom stereocenters. The predicted octanol–water partition coefficient (Wildman–Crippen LogP) is 6.39. The third kappa shape index (κ3) is 11.2. The number of amides is 3. The molecule has 13 heteroatoms. The van der Waals surface area contributed by atoms with E-state index >= 15 is 0 Å². The quantitative estimate of drug-likeness (QED) is 0.125. The minimum absolute atomic E-state index is 0.0586. The summed E-state index contributed by atoms with van der Waals surface area (Å²) >= 11 is 1.38. The van der Waals surface area contributed by atoms with Gasteiger partial charge in [0.15, 0.2) is 5.82 Å². The van der Waals surface area contributed by atoms with Gasteiger partial charge in [0, 0.05) is 47.9 Å². The highest BCUT2D eigenvalue weighted by atomic mass is 32.2. The third-order valence-electron chi connectivity index (χ3n) is 9.03. The van der Waals surface area contributed by atoms with E-state index < -0.39 is 27.9 Å². The molecule has 0 bridgehead atoms. The molecule has 4 aromatic rings. The van der Waals surface area contributed by atoms with Gasteiger partial charge in [0.25, 0.3) is 5.91 Å². The maximum absolute atomic E-state index is 13.7. The Bertz CT molecular complexity index is 1970. The van der Waals surface area contributed by atoms with E-state index in [-0.39, 0.29) is 36.7 Å². The Morgan fingerprint density at radius 1 is 0.887 bits per heavy atom. The maximum atomic E-state index is 13.7. The maximum Gasteiger partial charge on any atom is 0.262 e. The number of benzene rings is 2. The van der Waals surface area contributed by atoms with Gasteiger partial charge in [-0.15, -0.1) is 11.3 Å². The zero-order valence-electron chi connectivity index (χ0n) is 31.1. The van der Waals surface area contributed by atoms with E-state index in [1.54, 1.807) is 18.5 Å². The fourth-order valence-electron chi connectivity index (χ4n) is 5.89. The molecule has 1 fully saturated rings. The fraction of sp³-hybridized carbons (Fsp3) is 0.425. The molecule has 3 heterocycles. The van der Waals surface area contributed by atoms with Crippen molar-refractivity contribution in [3.63, 3.8) is 0 Å². The molecule has 0 unspecified atom stereocenters. The van der Waals surface area contributed by atoms with Crippen molar-refractivity contribution in [2.45, 2.75) is 77.7 Å². The highest BCUT2D eigenvalue weighted by Gasteiger charge is 2.39. The standard InChI is InChI=1S/C40H49N5O6S2/c1-6-7-8-9-10-21-51-32-17-15-28(16-18-32)30-23-41-36(42-24-30)29-13-11-27(12-14-29)22-33(43-38(47)34-19-20-35(52-34)40(2,3)4)39(48)45-25-31(26-45)37(46)44-53(5,49)50/h11-20,23-24,31,33H,6-10,21-22,25-26H2,1-5H3,(H,43,47)(H,44,46)/t33-/m0/s1. The van der Waals surface area contributed by atoms with E-state index in [0.717, 1.165) is 45.6 Å². The van der Waals surface area contributed by atoms with Crippen molar-refractivity contribution >= 4 is 39.1 Å². The molecular formula is C40H49N5O6S2. The zero-order chi connectivity index (χ0) is 38.2. The third-order valence-corrected chi connectivity index (χ3v) is 11.1. The molecule has 282 valence electrons. The largest absolute Gasteiger partial charge is 0.494 e. The Hall–Kier alpha value is -4.62. The molecule has 2 N–H and O–H groups in total. The summed E-state index contributed by atoms with van der Waals surface area (Å²) in [6.45, 7) is 9.26. The predicted molar refractivity (Wildman–Crippen MR) is 208 cm³/mol.